The Morgan fingerprint density at radius 3 is 2.26 bits per heavy atom. The Morgan fingerprint density at radius 1 is 1.11 bits per heavy atom. The summed E-state index contributed by atoms with van der Waals surface area (Å²) in [7, 11) is 0. The SMILES string of the molecule is CCCOc1c(Cl)c(C)c(Cl)c(C)c1CC(N)CC. The van der Waals surface area contributed by atoms with Crippen molar-refractivity contribution in [3.63, 3.8) is 0 Å². The van der Waals surface area contributed by atoms with Gasteiger partial charge in [0.25, 0.3) is 0 Å². The van der Waals surface area contributed by atoms with Crippen LogP contribution in [0.1, 0.15) is 43.4 Å². The smallest absolute Gasteiger partial charge is 0.141 e. The summed E-state index contributed by atoms with van der Waals surface area (Å²) in [6.45, 7) is 8.71. The van der Waals surface area contributed by atoms with Crippen molar-refractivity contribution in [3.05, 3.63) is 26.7 Å². The first-order valence-electron chi connectivity index (χ1n) is 6.79. The predicted octanol–water partition coefficient (Wildman–Crippen LogP) is 4.68. The Kier molecular flexibility index (Phi) is 6.45. The first-order chi connectivity index (χ1) is 8.93. The molecule has 1 aromatic rings. The molecule has 0 aliphatic heterocycles. The molecule has 19 heavy (non-hydrogen) atoms. The summed E-state index contributed by atoms with van der Waals surface area (Å²) >= 11 is 12.7. The summed E-state index contributed by atoms with van der Waals surface area (Å²) in [4.78, 5) is 0. The molecule has 1 aromatic carbocycles. The van der Waals surface area contributed by atoms with Crippen LogP contribution >= 0.6 is 23.2 Å². The molecule has 0 saturated carbocycles. The second kappa shape index (κ2) is 7.37. The van der Waals surface area contributed by atoms with Gasteiger partial charge in [0.1, 0.15) is 5.75 Å². The number of rotatable bonds is 6. The summed E-state index contributed by atoms with van der Waals surface area (Å²) in [5.74, 6) is 0.756. The Labute approximate surface area is 126 Å². The van der Waals surface area contributed by atoms with Crippen LogP contribution in [0.4, 0.5) is 0 Å². The maximum Gasteiger partial charge on any atom is 0.141 e. The van der Waals surface area contributed by atoms with E-state index in [0.29, 0.717) is 16.7 Å². The molecule has 0 radical (unpaired) electrons. The maximum absolute atomic E-state index is 6.39. The summed E-state index contributed by atoms with van der Waals surface area (Å²) < 4.78 is 5.83. The number of hydrogen-bond donors (Lipinski definition) is 1. The van der Waals surface area contributed by atoms with E-state index in [-0.39, 0.29) is 6.04 Å². The Bertz CT molecular complexity index is 447. The zero-order valence-corrected chi connectivity index (χ0v) is 13.7. The van der Waals surface area contributed by atoms with E-state index < -0.39 is 0 Å². The van der Waals surface area contributed by atoms with Crippen molar-refractivity contribution in [2.24, 2.45) is 5.73 Å². The van der Waals surface area contributed by atoms with Crippen LogP contribution in [0.25, 0.3) is 0 Å². The molecule has 0 aromatic heterocycles. The van der Waals surface area contributed by atoms with Gasteiger partial charge in [-0.1, -0.05) is 37.0 Å². The largest absolute Gasteiger partial charge is 0.492 e. The van der Waals surface area contributed by atoms with E-state index in [4.69, 9.17) is 33.7 Å². The first kappa shape index (κ1) is 16.6. The predicted molar refractivity (Wildman–Crippen MR) is 83.7 cm³/mol. The fourth-order valence-corrected chi connectivity index (χ4v) is 2.51. The Hall–Kier alpha value is -0.440. The van der Waals surface area contributed by atoms with Crippen LogP contribution in [0.3, 0.4) is 0 Å². The third-order valence-electron chi connectivity index (χ3n) is 3.36. The fourth-order valence-electron chi connectivity index (χ4n) is 1.99. The van der Waals surface area contributed by atoms with Crippen LogP contribution in [0.15, 0.2) is 0 Å². The van der Waals surface area contributed by atoms with Gasteiger partial charge in [0, 0.05) is 16.6 Å². The van der Waals surface area contributed by atoms with Gasteiger partial charge in [-0.2, -0.15) is 0 Å². The number of benzene rings is 1. The molecule has 4 heteroatoms. The lowest BCUT2D eigenvalue weighted by atomic mass is 9.97. The van der Waals surface area contributed by atoms with Crippen LogP contribution in [-0.2, 0) is 6.42 Å². The van der Waals surface area contributed by atoms with E-state index in [0.717, 1.165) is 41.7 Å². The number of hydrogen-bond acceptors (Lipinski definition) is 2. The highest BCUT2D eigenvalue weighted by atomic mass is 35.5. The molecule has 2 N–H and O–H groups in total. The topological polar surface area (TPSA) is 35.2 Å². The summed E-state index contributed by atoms with van der Waals surface area (Å²) in [6.07, 6.45) is 2.59. The minimum atomic E-state index is 0.0949. The van der Waals surface area contributed by atoms with Gasteiger partial charge in [0.2, 0.25) is 0 Å². The normalized spacial score (nSPS) is 12.6. The monoisotopic (exact) mass is 303 g/mol. The molecule has 0 bridgehead atoms. The molecule has 0 saturated heterocycles. The lowest BCUT2D eigenvalue weighted by molar-refractivity contribution is 0.313. The summed E-state index contributed by atoms with van der Waals surface area (Å²) in [6, 6.07) is 0.0949. The van der Waals surface area contributed by atoms with Crippen LogP contribution in [0.5, 0.6) is 5.75 Å². The van der Waals surface area contributed by atoms with Gasteiger partial charge in [-0.15, -0.1) is 0 Å². The summed E-state index contributed by atoms with van der Waals surface area (Å²) in [5, 5.41) is 1.33. The number of ether oxygens (including phenoxy) is 1. The molecule has 108 valence electrons. The van der Waals surface area contributed by atoms with Crippen molar-refractivity contribution in [2.45, 2.75) is 53.0 Å². The third-order valence-corrected chi connectivity index (χ3v) is 4.38. The molecular formula is C15H23Cl2NO. The van der Waals surface area contributed by atoms with Crippen LogP contribution in [0.2, 0.25) is 10.0 Å². The van der Waals surface area contributed by atoms with Gasteiger partial charge in [-0.3, -0.25) is 0 Å². The van der Waals surface area contributed by atoms with Crippen molar-refractivity contribution in [1.29, 1.82) is 0 Å². The minimum absolute atomic E-state index is 0.0949. The van der Waals surface area contributed by atoms with E-state index in [1.807, 2.05) is 13.8 Å². The quantitative estimate of drug-likeness (QED) is 0.828. The van der Waals surface area contributed by atoms with Gasteiger partial charge >= 0.3 is 0 Å². The molecule has 0 fully saturated rings. The van der Waals surface area contributed by atoms with Gasteiger partial charge in [0.15, 0.2) is 0 Å². The van der Waals surface area contributed by atoms with E-state index in [9.17, 15) is 0 Å². The van der Waals surface area contributed by atoms with Gasteiger partial charge in [0.05, 0.1) is 11.6 Å². The highest BCUT2D eigenvalue weighted by Crippen LogP contribution is 2.40. The molecule has 1 atom stereocenters. The van der Waals surface area contributed by atoms with Crippen molar-refractivity contribution >= 4 is 23.2 Å². The number of nitrogens with two attached hydrogens (primary N) is 1. The third kappa shape index (κ3) is 3.77. The van der Waals surface area contributed by atoms with Gasteiger partial charge in [-0.25, -0.2) is 0 Å². The molecule has 2 nitrogen and oxygen atoms in total. The standard InChI is InChI=1S/C15H23Cl2NO/c1-5-7-19-15-12(8-11(18)6-2)9(3)13(16)10(4)14(15)17/h11H,5-8,18H2,1-4H3. The summed E-state index contributed by atoms with van der Waals surface area (Å²) in [5.41, 5.74) is 9.01. The zero-order chi connectivity index (χ0) is 14.6. The van der Waals surface area contributed by atoms with Gasteiger partial charge < -0.3 is 10.5 Å². The van der Waals surface area contributed by atoms with Crippen LogP contribution < -0.4 is 10.5 Å². The van der Waals surface area contributed by atoms with E-state index >= 15 is 0 Å². The molecule has 1 rings (SSSR count). The first-order valence-corrected chi connectivity index (χ1v) is 7.54. The van der Waals surface area contributed by atoms with E-state index in [2.05, 4.69) is 13.8 Å². The maximum atomic E-state index is 6.39. The molecule has 0 amide bonds. The second-order valence-electron chi connectivity index (χ2n) is 4.91. The molecule has 0 aliphatic carbocycles. The van der Waals surface area contributed by atoms with Crippen molar-refractivity contribution in [2.75, 3.05) is 6.61 Å². The fraction of sp³-hybridized carbons (Fsp3) is 0.600. The highest BCUT2D eigenvalue weighted by molar-refractivity contribution is 6.37. The number of halogens is 2. The van der Waals surface area contributed by atoms with Crippen molar-refractivity contribution < 1.29 is 4.74 Å². The lowest BCUT2D eigenvalue weighted by Gasteiger charge is -2.20. The minimum Gasteiger partial charge on any atom is -0.492 e. The average molecular weight is 304 g/mol. The van der Waals surface area contributed by atoms with E-state index in [1.54, 1.807) is 0 Å². The molecule has 1 unspecified atom stereocenters. The second-order valence-corrected chi connectivity index (χ2v) is 5.66. The van der Waals surface area contributed by atoms with Gasteiger partial charge in [-0.05, 0) is 44.2 Å². The lowest BCUT2D eigenvalue weighted by Crippen LogP contribution is -2.22. The van der Waals surface area contributed by atoms with E-state index in [1.165, 1.54) is 0 Å². The van der Waals surface area contributed by atoms with Crippen LogP contribution in [0, 0.1) is 13.8 Å². The average Bonchev–Trinajstić information content (AvgIpc) is 2.41. The molecule has 0 spiro atoms. The zero-order valence-electron chi connectivity index (χ0n) is 12.1. The Morgan fingerprint density at radius 2 is 1.74 bits per heavy atom. The van der Waals surface area contributed by atoms with Crippen molar-refractivity contribution in [3.8, 4) is 5.75 Å². The Balaban J connectivity index is 3.30. The molecule has 0 aliphatic rings. The van der Waals surface area contributed by atoms with Crippen molar-refractivity contribution in [1.82, 2.24) is 0 Å². The molecule has 0 heterocycles. The molecular weight excluding hydrogens is 281 g/mol. The highest BCUT2D eigenvalue weighted by Gasteiger charge is 2.20. The van der Waals surface area contributed by atoms with Crippen LogP contribution in [-0.4, -0.2) is 12.6 Å².